The van der Waals surface area contributed by atoms with Gasteiger partial charge in [-0.1, -0.05) is 24.6 Å². The average Bonchev–Trinajstić information content (AvgIpc) is 2.26. The molecule has 2 atom stereocenters. The lowest BCUT2D eigenvalue weighted by Crippen LogP contribution is -2.54. The number of amides is 1. The zero-order valence-electron chi connectivity index (χ0n) is 12.9. The molecule has 0 aromatic heterocycles. The van der Waals surface area contributed by atoms with Crippen molar-refractivity contribution in [2.45, 2.75) is 59.5 Å². The first-order valence-electron chi connectivity index (χ1n) is 6.88. The molecule has 0 fully saturated rings. The summed E-state index contributed by atoms with van der Waals surface area (Å²) >= 11 is 0. The van der Waals surface area contributed by atoms with E-state index in [1.165, 1.54) is 5.56 Å². The molecule has 0 spiro atoms. The lowest BCUT2D eigenvalue weighted by Gasteiger charge is -2.34. The first-order valence-corrected chi connectivity index (χ1v) is 6.88. The Bertz CT molecular complexity index is 459. The second kappa shape index (κ2) is 5.74. The molecule has 1 aromatic carbocycles. The molecule has 1 aromatic rings. The van der Waals surface area contributed by atoms with Crippen molar-refractivity contribution < 1.29 is 4.79 Å². The van der Waals surface area contributed by atoms with Crippen LogP contribution >= 0.6 is 0 Å². The van der Waals surface area contributed by atoms with Crippen LogP contribution in [0, 0.1) is 20.8 Å². The SMILES string of the molecule is CCC(C)NC(C)(C(N)=O)c1c(C)cc(C)cc1C. The van der Waals surface area contributed by atoms with Crippen LogP contribution in [0.1, 0.15) is 49.4 Å². The molecule has 3 heteroatoms. The molecule has 0 saturated heterocycles. The van der Waals surface area contributed by atoms with Crippen molar-refractivity contribution in [1.29, 1.82) is 0 Å². The van der Waals surface area contributed by atoms with E-state index in [1.807, 2.05) is 20.8 Å². The van der Waals surface area contributed by atoms with Gasteiger partial charge < -0.3 is 5.73 Å². The van der Waals surface area contributed by atoms with Crippen LogP contribution in [-0.2, 0) is 10.3 Å². The average molecular weight is 262 g/mol. The van der Waals surface area contributed by atoms with E-state index >= 15 is 0 Å². The molecule has 0 aliphatic rings. The molecule has 3 N–H and O–H groups in total. The van der Waals surface area contributed by atoms with Crippen molar-refractivity contribution in [1.82, 2.24) is 5.32 Å². The molecule has 2 unspecified atom stereocenters. The summed E-state index contributed by atoms with van der Waals surface area (Å²) in [5.74, 6) is -0.331. The minimum Gasteiger partial charge on any atom is -0.368 e. The van der Waals surface area contributed by atoms with Gasteiger partial charge in [0.1, 0.15) is 5.54 Å². The summed E-state index contributed by atoms with van der Waals surface area (Å²) in [7, 11) is 0. The normalized spacial score (nSPS) is 15.9. The fourth-order valence-electron chi connectivity index (χ4n) is 2.83. The molecule has 0 bridgehead atoms. The monoisotopic (exact) mass is 262 g/mol. The number of carbonyl (C=O) groups is 1. The second-order valence-corrected chi connectivity index (χ2v) is 5.72. The highest BCUT2D eigenvalue weighted by molar-refractivity contribution is 5.86. The predicted molar refractivity (Wildman–Crippen MR) is 80.1 cm³/mol. The van der Waals surface area contributed by atoms with E-state index in [1.54, 1.807) is 0 Å². The highest BCUT2D eigenvalue weighted by Crippen LogP contribution is 2.29. The number of hydrogen-bond acceptors (Lipinski definition) is 2. The largest absolute Gasteiger partial charge is 0.368 e. The zero-order chi connectivity index (χ0) is 14.8. The molecule has 0 aliphatic heterocycles. The smallest absolute Gasteiger partial charge is 0.242 e. The van der Waals surface area contributed by atoms with Gasteiger partial charge in [0.2, 0.25) is 5.91 Å². The van der Waals surface area contributed by atoms with Crippen molar-refractivity contribution in [3.8, 4) is 0 Å². The van der Waals surface area contributed by atoms with Gasteiger partial charge in [0, 0.05) is 6.04 Å². The van der Waals surface area contributed by atoms with Gasteiger partial charge in [0.05, 0.1) is 0 Å². The van der Waals surface area contributed by atoms with Gasteiger partial charge in [-0.2, -0.15) is 0 Å². The number of rotatable bonds is 5. The van der Waals surface area contributed by atoms with Gasteiger partial charge >= 0.3 is 0 Å². The van der Waals surface area contributed by atoms with Gasteiger partial charge in [0.25, 0.3) is 0 Å². The Labute approximate surface area is 116 Å². The van der Waals surface area contributed by atoms with Crippen molar-refractivity contribution >= 4 is 5.91 Å². The molecule has 0 radical (unpaired) electrons. The van der Waals surface area contributed by atoms with Crippen LogP contribution in [0.15, 0.2) is 12.1 Å². The standard InChI is InChI=1S/C16H26N2O/c1-7-13(5)18-16(6,15(17)19)14-11(3)8-10(2)9-12(14)4/h8-9,13,18H,7H2,1-6H3,(H2,17,19). The molecule has 19 heavy (non-hydrogen) atoms. The topological polar surface area (TPSA) is 55.1 Å². The summed E-state index contributed by atoms with van der Waals surface area (Å²) in [6, 6.07) is 4.43. The fraction of sp³-hybridized carbons (Fsp3) is 0.562. The maximum Gasteiger partial charge on any atom is 0.242 e. The first-order chi connectivity index (χ1) is 8.72. The van der Waals surface area contributed by atoms with Crippen molar-refractivity contribution in [2.24, 2.45) is 5.73 Å². The van der Waals surface area contributed by atoms with Crippen LogP contribution in [0.2, 0.25) is 0 Å². The summed E-state index contributed by atoms with van der Waals surface area (Å²) in [5, 5.41) is 3.39. The van der Waals surface area contributed by atoms with E-state index in [0.717, 1.165) is 23.1 Å². The Kier molecular flexibility index (Phi) is 4.75. The minimum absolute atomic E-state index is 0.234. The summed E-state index contributed by atoms with van der Waals surface area (Å²) in [6.45, 7) is 12.2. The second-order valence-electron chi connectivity index (χ2n) is 5.72. The molecule has 0 saturated carbocycles. The van der Waals surface area contributed by atoms with E-state index in [-0.39, 0.29) is 11.9 Å². The molecular weight excluding hydrogens is 236 g/mol. The Morgan fingerprint density at radius 2 is 1.79 bits per heavy atom. The predicted octanol–water partition coefficient (Wildman–Crippen LogP) is 2.70. The van der Waals surface area contributed by atoms with E-state index in [2.05, 4.69) is 38.2 Å². The Balaban J connectivity index is 3.38. The molecular formula is C16H26N2O. The number of aryl methyl sites for hydroxylation is 3. The summed E-state index contributed by atoms with van der Waals surface area (Å²) in [6.07, 6.45) is 0.951. The van der Waals surface area contributed by atoms with Crippen LogP contribution in [0.4, 0.5) is 0 Å². The lowest BCUT2D eigenvalue weighted by atomic mass is 9.83. The number of primary amides is 1. The fourth-order valence-corrected chi connectivity index (χ4v) is 2.83. The van der Waals surface area contributed by atoms with Crippen molar-refractivity contribution in [3.63, 3.8) is 0 Å². The van der Waals surface area contributed by atoms with E-state index in [4.69, 9.17) is 5.73 Å². The zero-order valence-corrected chi connectivity index (χ0v) is 12.9. The molecule has 1 amide bonds. The maximum atomic E-state index is 12.0. The molecule has 1 rings (SSSR count). The van der Waals surface area contributed by atoms with Gasteiger partial charge in [-0.05, 0) is 57.7 Å². The van der Waals surface area contributed by atoms with E-state index < -0.39 is 5.54 Å². The van der Waals surface area contributed by atoms with Crippen LogP contribution in [0.25, 0.3) is 0 Å². The van der Waals surface area contributed by atoms with Gasteiger partial charge in [-0.25, -0.2) is 0 Å². The maximum absolute atomic E-state index is 12.0. The number of carbonyl (C=O) groups excluding carboxylic acids is 1. The van der Waals surface area contributed by atoms with Gasteiger partial charge in [0.15, 0.2) is 0 Å². The lowest BCUT2D eigenvalue weighted by molar-refractivity contribution is -0.124. The molecule has 3 nitrogen and oxygen atoms in total. The number of nitrogens with two attached hydrogens (primary N) is 1. The van der Waals surface area contributed by atoms with Crippen LogP contribution in [0.5, 0.6) is 0 Å². The Morgan fingerprint density at radius 3 is 2.16 bits per heavy atom. The summed E-state index contributed by atoms with van der Waals surface area (Å²) < 4.78 is 0. The van der Waals surface area contributed by atoms with E-state index in [0.29, 0.717) is 0 Å². The van der Waals surface area contributed by atoms with Crippen LogP contribution < -0.4 is 11.1 Å². The molecule has 0 heterocycles. The number of hydrogen-bond donors (Lipinski definition) is 2. The van der Waals surface area contributed by atoms with E-state index in [9.17, 15) is 4.79 Å². The highest BCUT2D eigenvalue weighted by Gasteiger charge is 2.36. The third-order valence-corrected chi connectivity index (χ3v) is 3.82. The van der Waals surface area contributed by atoms with Crippen LogP contribution in [-0.4, -0.2) is 11.9 Å². The number of benzene rings is 1. The Hall–Kier alpha value is -1.35. The first kappa shape index (κ1) is 15.7. The summed E-state index contributed by atoms with van der Waals surface area (Å²) in [5.41, 5.74) is 9.28. The van der Waals surface area contributed by atoms with Gasteiger partial charge in [-0.15, -0.1) is 0 Å². The highest BCUT2D eigenvalue weighted by atomic mass is 16.1. The summed E-state index contributed by atoms with van der Waals surface area (Å²) in [4.78, 5) is 12.0. The quantitative estimate of drug-likeness (QED) is 0.857. The Morgan fingerprint density at radius 1 is 1.32 bits per heavy atom. The van der Waals surface area contributed by atoms with Crippen molar-refractivity contribution in [3.05, 3.63) is 34.4 Å². The minimum atomic E-state index is -0.822. The third kappa shape index (κ3) is 3.16. The molecule has 0 aliphatic carbocycles. The molecule has 106 valence electrons. The van der Waals surface area contributed by atoms with Crippen molar-refractivity contribution in [2.75, 3.05) is 0 Å². The third-order valence-electron chi connectivity index (χ3n) is 3.82. The van der Waals surface area contributed by atoms with Gasteiger partial charge in [-0.3, -0.25) is 10.1 Å². The number of nitrogens with one attached hydrogen (secondary N) is 1. The van der Waals surface area contributed by atoms with Crippen LogP contribution in [0.3, 0.4) is 0 Å².